The van der Waals surface area contributed by atoms with Crippen LogP contribution in [-0.4, -0.2) is 12.1 Å². The zero-order valence-electron chi connectivity index (χ0n) is 13.3. The molecule has 6 heteroatoms. The molecule has 0 fully saturated rings. The van der Waals surface area contributed by atoms with Gasteiger partial charge in [0.05, 0.1) is 11.7 Å². The lowest BCUT2D eigenvalue weighted by molar-refractivity contribution is 0.0183. The Kier molecular flexibility index (Phi) is 4.13. The van der Waals surface area contributed by atoms with Gasteiger partial charge < -0.3 is 15.4 Å². The van der Waals surface area contributed by atoms with Gasteiger partial charge in [-0.15, -0.1) is 0 Å². The molecular formula is C18H18F2N2O2. The fourth-order valence-corrected chi connectivity index (χ4v) is 2.84. The number of carbonyl (C=O) groups excluding carboxylic acids is 1. The summed E-state index contributed by atoms with van der Waals surface area (Å²) in [5.74, 6) is -2.32. The minimum absolute atomic E-state index is 0.0855. The van der Waals surface area contributed by atoms with E-state index in [4.69, 9.17) is 4.74 Å². The Morgan fingerprint density at radius 1 is 1.12 bits per heavy atom. The van der Waals surface area contributed by atoms with Gasteiger partial charge in [-0.1, -0.05) is 36.4 Å². The van der Waals surface area contributed by atoms with Crippen molar-refractivity contribution in [2.75, 3.05) is 5.32 Å². The summed E-state index contributed by atoms with van der Waals surface area (Å²) in [4.78, 5) is 12.3. The Morgan fingerprint density at radius 3 is 2.54 bits per heavy atom. The van der Waals surface area contributed by atoms with Gasteiger partial charge in [0.1, 0.15) is 11.9 Å². The quantitative estimate of drug-likeness (QED) is 0.873. The van der Waals surface area contributed by atoms with Gasteiger partial charge in [0.15, 0.2) is 0 Å². The molecule has 3 rings (SSSR count). The Bertz CT molecular complexity index is 759. The maximum Gasteiger partial charge on any atom is 0.319 e. The summed E-state index contributed by atoms with van der Waals surface area (Å²) in [5.41, 5.74) is 0.730. The Labute approximate surface area is 138 Å². The van der Waals surface area contributed by atoms with Crippen LogP contribution >= 0.6 is 0 Å². The smallest absolute Gasteiger partial charge is 0.319 e. The predicted octanol–water partition coefficient (Wildman–Crippen LogP) is 4.44. The molecule has 0 radical (unpaired) electrons. The number of anilines is 1. The van der Waals surface area contributed by atoms with Crippen molar-refractivity contribution in [2.45, 2.75) is 31.9 Å². The number of amides is 2. The lowest BCUT2D eigenvalue weighted by atomic mass is 10.0. The highest BCUT2D eigenvalue weighted by atomic mass is 19.3. The van der Waals surface area contributed by atoms with Gasteiger partial charge >= 0.3 is 6.03 Å². The Balaban J connectivity index is 1.76. The fraction of sp³-hybridized carbons (Fsp3) is 0.278. The second kappa shape index (κ2) is 6.11. The van der Waals surface area contributed by atoms with Gasteiger partial charge in [0.25, 0.3) is 5.92 Å². The van der Waals surface area contributed by atoms with Crippen LogP contribution in [0.4, 0.5) is 19.3 Å². The van der Waals surface area contributed by atoms with E-state index >= 15 is 0 Å². The molecule has 0 aliphatic carbocycles. The van der Waals surface area contributed by atoms with E-state index in [-0.39, 0.29) is 23.4 Å². The van der Waals surface area contributed by atoms with Crippen molar-refractivity contribution >= 4 is 11.7 Å². The number of benzene rings is 2. The number of para-hydroxylation sites is 2. The third kappa shape index (κ3) is 3.18. The van der Waals surface area contributed by atoms with Crippen molar-refractivity contribution < 1.29 is 18.3 Å². The lowest BCUT2D eigenvalue weighted by Crippen LogP contribution is -2.37. The first-order chi connectivity index (χ1) is 11.4. The van der Waals surface area contributed by atoms with Crippen molar-refractivity contribution in [2.24, 2.45) is 0 Å². The average molecular weight is 332 g/mol. The number of nitrogens with one attached hydrogen (secondary N) is 2. The summed E-state index contributed by atoms with van der Waals surface area (Å²) in [5, 5.41) is 5.30. The summed E-state index contributed by atoms with van der Waals surface area (Å²) < 4.78 is 33.0. The molecular weight excluding hydrogens is 314 g/mol. The van der Waals surface area contributed by atoms with E-state index in [1.807, 2.05) is 31.2 Å². The maximum absolute atomic E-state index is 13.6. The van der Waals surface area contributed by atoms with Gasteiger partial charge in [-0.3, -0.25) is 0 Å². The molecule has 0 saturated carbocycles. The van der Waals surface area contributed by atoms with Crippen LogP contribution in [0.25, 0.3) is 0 Å². The van der Waals surface area contributed by atoms with Crippen molar-refractivity contribution in [3.05, 3.63) is 59.7 Å². The topological polar surface area (TPSA) is 50.4 Å². The molecule has 2 amide bonds. The van der Waals surface area contributed by atoms with Crippen LogP contribution in [0.3, 0.4) is 0 Å². The molecule has 4 nitrogen and oxygen atoms in total. The van der Waals surface area contributed by atoms with Crippen LogP contribution in [0.5, 0.6) is 5.75 Å². The molecule has 1 heterocycles. The number of carbonyl (C=O) groups is 1. The normalized spacial score (nSPS) is 19.3. The van der Waals surface area contributed by atoms with Crippen molar-refractivity contribution in [1.82, 2.24) is 5.32 Å². The van der Waals surface area contributed by atoms with E-state index in [9.17, 15) is 13.6 Å². The molecule has 2 N–H and O–H groups in total. The first kappa shape index (κ1) is 16.2. The van der Waals surface area contributed by atoms with Gasteiger partial charge in [-0.25, -0.2) is 13.6 Å². The molecule has 2 aromatic rings. The number of ether oxygens (including phenoxy) is 1. The summed E-state index contributed by atoms with van der Waals surface area (Å²) in [6, 6.07) is 12.4. The lowest BCUT2D eigenvalue weighted by Gasteiger charge is -2.20. The number of urea groups is 1. The summed E-state index contributed by atoms with van der Waals surface area (Å²) >= 11 is 0. The number of hydrogen-bond acceptors (Lipinski definition) is 2. The van der Waals surface area contributed by atoms with Gasteiger partial charge in [0, 0.05) is 18.1 Å². The van der Waals surface area contributed by atoms with Crippen molar-refractivity contribution in [3.63, 3.8) is 0 Å². The van der Waals surface area contributed by atoms with Crippen LogP contribution in [0.2, 0.25) is 0 Å². The highest BCUT2D eigenvalue weighted by Gasteiger charge is 2.33. The van der Waals surface area contributed by atoms with E-state index in [1.54, 1.807) is 6.07 Å². The van der Waals surface area contributed by atoms with Crippen LogP contribution < -0.4 is 15.4 Å². The second-order valence-corrected chi connectivity index (χ2v) is 5.87. The van der Waals surface area contributed by atoms with Gasteiger partial charge in [0.2, 0.25) is 0 Å². The molecule has 0 saturated heterocycles. The number of halogens is 2. The molecule has 1 aliphatic rings. The molecule has 126 valence electrons. The molecule has 2 unspecified atom stereocenters. The van der Waals surface area contributed by atoms with Gasteiger partial charge in [-0.2, -0.15) is 0 Å². The summed E-state index contributed by atoms with van der Waals surface area (Å²) in [6.45, 7) is 2.65. The van der Waals surface area contributed by atoms with Crippen LogP contribution in [0.15, 0.2) is 48.5 Å². The SMILES string of the molecule is CC1Oc2ccccc2C1NC(=O)Nc1ccccc1C(C)(F)F. The summed E-state index contributed by atoms with van der Waals surface area (Å²) in [7, 11) is 0. The molecule has 0 spiro atoms. The fourth-order valence-electron chi connectivity index (χ4n) is 2.84. The molecule has 0 bridgehead atoms. The highest BCUT2D eigenvalue weighted by Crippen LogP contribution is 2.36. The van der Waals surface area contributed by atoms with E-state index in [2.05, 4.69) is 10.6 Å². The number of hydrogen-bond donors (Lipinski definition) is 2. The third-order valence-corrected chi connectivity index (χ3v) is 3.97. The molecule has 2 atom stereocenters. The van der Waals surface area contributed by atoms with Gasteiger partial charge in [-0.05, 0) is 19.1 Å². The highest BCUT2D eigenvalue weighted by molar-refractivity contribution is 5.90. The molecule has 0 aromatic heterocycles. The van der Waals surface area contributed by atoms with Crippen molar-refractivity contribution in [3.8, 4) is 5.75 Å². The zero-order chi connectivity index (χ0) is 17.3. The maximum atomic E-state index is 13.6. The van der Waals surface area contributed by atoms with E-state index in [0.717, 1.165) is 18.2 Å². The van der Waals surface area contributed by atoms with Crippen LogP contribution in [0.1, 0.15) is 31.0 Å². The molecule has 24 heavy (non-hydrogen) atoms. The standard InChI is InChI=1S/C18H18F2N2O2/c1-11-16(12-7-3-6-10-15(12)24-11)22-17(23)21-14-9-5-4-8-13(14)18(2,19)20/h3-11,16H,1-2H3,(H2,21,22,23). The minimum Gasteiger partial charge on any atom is -0.488 e. The second-order valence-electron chi connectivity index (χ2n) is 5.87. The number of rotatable bonds is 3. The minimum atomic E-state index is -3.04. The van der Waals surface area contributed by atoms with E-state index in [0.29, 0.717) is 0 Å². The number of fused-ring (bicyclic) bond motifs is 1. The number of alkyl halides is 2. The summed E-state index contributed by atoms with van der Waals surface area (Å²) in [6.07, 6.45) is -0.240. The average Bonchev–Trinajstić information content (AvgIpc) is 2.83. The van der Waals surface area contributed by atoms with Crippen LogP contribution in [0, 0.1) is 0 Å². The predicted molar refractivity (Wildman–Crippen MR) is 87.4 cm³/mol. The first-order valence-electron chi connectivity index (χ1n) is 7.66. The van der Waals surface area contributed by atoms with E-state index in [1.165, 1.54) is 18.2 Å². The van der Waals surface area contributed by atoms with Crippen LogP contribution in [-0.2, 0) is 5.92 Å². The van der Waals surface area contributed by atoms with E-state index < -0.39 is 12.0 Å². The largest absolute Gasteiger partial charge is 0.488 e. The monoisotopic (exact) mass is 332 g/mol. The Morgan fingerprint density at radius 2 is 1.79 bits per heavy atom. The zero-order valence-corrected chi connectivity index (χ0v) is 13.3. The molecule has 1 aliphatic heterocycles. The third-order valence-electron chi connectivity index (χ3n) is 3.97. The first-order valence-corrected chi connectivity index (χ1v) is 7.66. The van der Waals surface area contributed by atoms with Crippen molar-refractivity contribution in [1.29, 1.82) is 0 Å². The molecule has 2 aromatic carbocycles. The Hall–Kier alpha value is -2.63.